The first-order valence-electron chi connectivity index (χ1n) is 10.5. The first-order chi connectivity index (χ1) is 16.5. The lowest BCUT2D eigenvalue weighted by Gasteiger charge is -2.10. The first kappa shape index (κ1) is 23.3. The molecule has 0 aliphatic carbocycles. The molecule has 34 heavy (non-hydrogen) atoms. The van der Waals surface area contributed by atoms with Crippen LogP contribution < -0.4 is 14.8 Å². The number of esters is 2. The fourth-order valence-corrected chi connectivity index (χ4v) is 3.69. The van der Waals surface area contributed by atoms with Gasteiger partial charge in [0.25, 0.3) is 0 Å². The van der Waals surface area contributed by atoms with Gasteiger partial charge in [-0.25, -0.2) is 9.78 Å². The van der Waals surface area contributed by atoms with E-state index in [2.05, 4.69) is 21.2 Å². The van der Waals surface area contributed by atoms with Gasteiger partial charge in [0.15, 0.2) is 0 Å². The maximum Gasteiger partial charge on any atom is 0.343 e. The molecule has 0 amide bonds. The van der Waals surface area contributed by atoms with Crippen LogP contribution in [0.1, 0.15) is 17.3 Å². The van der Waals surface area contributed by atoms with Gasteiger partial charge in [0, 0.05) is 16.2 Å². The van der Waals surface area contributed by atoms with E-state index in [1.807, 2.05) is 28.8 Å². The van der Waals surface area contributed by atoms with E-state index >= 15 is 0 Å². The van der Waals surface area contributed by atoms with Gasteiger partial charge in [-0.05, 0) is 71.4 Å². The molecule has 4 rings (SSSR count). The fraction of sp³-hybridized carbons (Fsp3) is 0.160. The van der Waals surface area contributed by atoms with E-state index in [1.165, 1.54) is 0 Å². The predicted octanol–water partition coefficient (Wildman–Crippen LogP) is 4.97. The van der Waals surface area contributed by atoms with Gasteiger partial charge in [-0.1, -0.05) is 12.1 Å². The summed E-state index contributed by atoms with van der Waals surface area (Å²) >= 11 is 3.47. The molecule has 0 fully saturated rings. The van der Waals surface area contributed by atoms with Gasteiger partial charge in [0.05, 0.1) is 19.3 Å². The SMILES string of the molecule is CCOC(=O)CNc1c(-c2cccc(OC(=O)c3ccc(OC)cc3)c2)nc2ccc(Br)cn12. The Bertz CT molecular complexity index is 1330. The highest BCUT2D eigenvalue weighted by molar-refractivity contribution is 9.10. The summed E-state index contributed by atoms with van der Waals surface area (Å²) in [6.07, 6.45) is 1.85. The van der Waals surface area contributed by atoms with Crippen LogP contribution in [-0.2, 0) is 9.53 Å². The Hall–Kier alpha value is -3.85. The second-order valence-electron chi connectivity index (χ2n) is 7.19. The maximum atomic E-state index is 12.6. The number of carbonyl (C=O) groups excluding carboxylic acids is 2. The third kappa shape index (κ3) is 5.20. The van der Waals surface area contributed by atoms with Crippen LogP contribution in [0.4, 0.5) is 5.82 Å². The van der Waals surface area contributed by atoms with Crippen molar-refractivity contribution in [2.75, 3.05) is 25.6 Å². The molecule has 0 saturated carbocycles. The van der Waals surface area contributed by atoms with Crippen molar-refractivity contribution in [1.29, 1.82) is 0 Å². The number of imidazole rings is 1. The number of hydrogen-bond donors (Lipinski definition) is 1. The van der Waals surface area contributed by atoms with Crippen molar-refractivity contribution in [3.63, 3.8) is 0 Å². The monoisotopic (exact) mass is 523 g/mol. The normalized spacial score (nSPS) is 10.7. The molecule has 0 saturated heterocycles. The van der Waals surface area contributed by atoms with E-state index in [1.54, 1.807) is 56.5 Å². The largest absolute Gasteiger partial charge is 0.497 e. The number of aromatic nitrogens is 2. The number of nitrogens with zero attached hydrogens (tertiary/aromatic N) is 2. The van der Waals surface area contributed by atoms with E-state index in [-0.39, 0.29) is 12.5 Å². The van der Waals surface area contributed by atoms with Crippen LogP contribution in [0.25, 0.3) is 16.9 Å². The fourth-order valence-electron chi connectivity index (χ4n) is 3.36. The Kier molecular flexibility index (Phi) is 7.12. The summed E-state index contributed by atoms with van der Waals surface area (Å²) in [5.41, 5.74) is 2.40. The number of anilines is 1. The molecule has 0 spiro atoms. The molecule has 8 nitrogen and oxygen atoms in total. The summed E-state index contributed by atoms with van der Waals surface area (Å²) in [5.74, 6) is 0.774. The number of halogens is 1. The predicted molar refractivity (Wildman–Crippen MR) is 131 cm³/mol. The zero-order valence-corrected chi connectivity index (χ0v) is 20.2. The van der Waals surface area contributed by atoms with Crippen LogP contribution in [-0.4, -0.2) is 41.6 Å². The number of fused-ring (bicyclic) bond motifs is 1. The summed E-state index contributed by atoms with van der Waals surface area (Å²) < 4.78 is 18.4. The molecule has 2 heterocycles. The molecule has 0 unspecified atom stereocenters. The molecule has 0 aliphatic heterocycles. The number of carbonyl (C=O) groups is 2. The Morgan fingerprint density at radius 1 is 1.06 bits per heavy atom. The third-order valence-corrected chi connectivity index (χ3v) is 5.40. The quantitative estimate of drug-likeness (QED) is 0.257. The molecule has 2 aromatic heterocycles. The number of pyridine rings is 1. The molecule has 9 heteroatoms. The summed E-state index contributed by atoms with van der Waals surface area (Å²) in [6, 6.07) is 17.5. The van der Waals surface area contributed by atoms with Gasteiger partial charge < -0.3 is 19.5 Å². The van der Waals surface area contributed by atoms with Gasteiger partial charge >= 0.3 is 11.9 Å². The Morgan fingerprint density at radius 2 is 1.85 bits per heavy atom. The van der Waals surface area contributed by atoms with Crippen molar-refractivity contribution in [1.82, 2.24) is 9.38 Å². The first-order valence-corrected chi connectivity index (χ1v) is 11.3. The third-order valence-electron chi connectivity index (χ3n) is 4.93. The average Bonchev–Trinajstić information content (AvgIpc) is 3.20. The van der Waals surface area contributed by atoms with Gasteiger partial charge in [-0.2, -0.15) is 0 Å². The lowest BCUT2D eigenvalue weighted by Crippen LogP contribution is -2.17. The summed E-state index contributed by atoms with van der Waals surface area (Å²) in [7, 11) is 1.56. The van der Waals surface area contributed by atoms with E-state index in [4.69, 9.17) is 19.2 Å². The lowest BCUT2D eigenvalue weighted by molar-refractivity contribution is -0.140. The van der Waals surface area contributed by atoms with Crippen LogP contribution in [0.3, 0.4) is 0 Å². The molecule has 4 aromatic rings. The standard InChI is InChI=1S/C25H22BrN3O5/c1-3-33-22(30)14-27-24-23(28-21-12-9-18(26)15-29(21)24)17-5-4-6-20(13-17)34-25(31)16-7-10-19(32-2)11-8-16/h4-13,15,27H,3,14H2,1-2H3. The molecular weight excluding hydrogens is 502 g/mol. The van der Waals surface area contributed by atoms with Crippen molar-refractivity contribution in [3.05, 3.63) is 76.9 Å². The van der Waals surface area contributed by atoms with Gasteiger partial charge in [0.2, 0.25) is 0 Å². The second-order valence-corrected chi connectivity index (χ2v) is 8.10. The number of nitrogens with one attached hydrogen (secondary N) is 1. The smallest absolute Gasteiger partial charge is 0.343 e. The van der Waals surface area contributed by atoms with Crippen molar-refractivity contribution in [2.45, 2.75) is 6.92 Å². The summed E-state index contributed by atoms with van der Waals surface area (Å²) in [5, 5.41) is 3.13. The van der Waals surface area contributed by atoms with Gasteiger partial charge in [-0.3, -0.25) is 9.20 Å². The lowest BCUT2D eigenvalue weighted by atomic mass is 10.1. The zero-order valence-electron chi connectivity index (χ0n) is 18.6. The zero-order chi connectivity index (χ0) is 24.1. The highest BCUT2D eigenvalue weighted by atomic mass is 79.9. The number of ether oxygens (including phenoxy) is 3. The second kappa shape index (κ2) is 10.4. The molecule has 0 radical (unpaired) electrons. The number of rotatable bonds is 8. The van der Waals surface area contributed by atoms with Crippen molar-refractivity contribution >= 4 is 39.3 Å². The average molecular weight is 524 g/mol. The summed E-state index contributed by atoms with van der Waals surface area (Å²) in [6.45, 7) is 2.04. The molecule has 0 atom stereocenters. The van der Waals surface area contributed by atoms with Crippen LogP contribution in [0, 0.1) is 0 Å². The minimum absolute atomic E-state index is 0.0205. The molecule has 174 valence electrons. The maximum absolute atomic E-state index is 12.6. The van der Waals surface area contributed by atoms with E-state index in [9.17, 15) is 9.59 Å². The topological polar surface area (TPSA) is 91.2 Å². The highest BCUT2D eigenvalue weighted by Crippen LogP contribution is 2.32. The molecular formula is C25H22BrN3O5. The van der Waals surface area contributed by atoms with E-state index in [0.29, 0.717) is 46.4 Å². The van der Waals surface area contributed by atoms with Crippen LogP contribution >= 0.6 is 15.9 Å². The number of hydrogen-bond acceptors (Lipinski definition) is 7. The van der Waals surface area contributed by atoms with Crippen LogP contribution in [0.15, 0.2) is 71.3 Å². The van der Waals surface area contributed by atoms with E-state index in [0.717, 1.165) is 4.47 Å². The molecule has 0 aliphatic rings. The minimum atomic E-state index is -0.487. The van der Waals surface area contributed by atoms with Crippen molar-refractivity contribution < 1.29 is 23.8 Å². The van der Waals surface area contributed by atoms with Gasteiger partial charge in [0.1, 0.15) is 35.2 Å². The molecule has 1 N–H and O–H groups in total. The highest BCUT2D eigenvalue weighted by Gasteiger charge is 2.17. The molecule has 2 aromatic carbocycles. The Balaban J connectivity index is 1.64. The number of benzene rings is 2. The Morgan fingerprint density at radius 3 is 2.59 bits per heavy atom. The van der Waals surface area contributed by atoms with Gasteiger partial charge in [-0.15, -0.1) is 0 Å². The number of methoxy groups -OCH3 is 1. The minimum Gasteiger partial charge on any atom is -0.497 e. The van der Waals surface area contributed by atoms with Crippen molar-refractivity contribution in [3.8, 4) is 22.8 Å². The van der Waals surface area contributed by atoms with Crippen LogP contribution in [0.5, 0.6) is 11.5 Å². The summed E-state index contributed by atoms with van der Waals surface area (Å²) in [4.78, 5) is 29.3. The molecule has 0 bridgehead atoms. The Labute approximate surface area is 204 Å². The van der Waals surface area contributed by atoms with E-state index < -0.39 is 5.97 Å². The van der Waals surface area contributed by atoms with Crippen LogP contribution in [0.2, 0.25) is 0 Å². The van der Waals surface area contributed by atoms with Crippen molar-refractivity contribution in [2.24, 2.45) is 0 Å².